The second-order valence-electron chi connectivity index (χ2n) is 5.47. The van der Waals surface area contributed by atoms with Crippen molar-refractivity contribution < 1.29 is 14.7 Å². The van der Waals surface area contributed by atoms with Crippen LogP contribution < -0.4 is 0 Å². The smallest absolute Gasteiger partial charge is 0.323 e. The molecule has 0 aliphatic heterocycles. The predicted molar refractivity (Wildman–Crippen MR) is 61.1 cm³/mol. The molecule has 1 amide bonds. The molecule has 0 aromatic rings. The fourth-order valence-electron chi connectivity index (χ4n) is 2.17. The van der Waals surface area contributed by atoms with Crippen molar-refractivity contribution in [3.63, 3.8) is 0 Å². The maximum absolute atomic E-state index is 12.2. The van der Waals surface area contributed by atoms with E-state index in [-0.39, 0.29) is 18.4 Å². The third-order valence-electron chi connectivity index (χ3n) is 3.07. The van der Waals surface area contributed by atoms with Crippen molar-refractivity contribution >= 4 is 11.9 Å². The van der Waals surface area contributed by atoms with Crippen LogP contribution in [0.1, 0.15) is 46.5 Å². The molecule has 1 saturated carbocycles. The molecule has 0 unspecified atom stereocenters. The number of rotatable bonds is 3. The molecule has 0 aromatic carbocycles. The molecular weight excluding hydrogens is 206 g/mol. The molecule has 0 aromatic heterocycles. The number of hydrogen-bond acceptors (Lipinski definition) is 2. The first-order valence-electron chi connectivity index (χ1n) is 5.85. The van der Waals surface area contributed by atoms with Gasteiger partial charge in [-0.1, -0.05) is 12.8 Å². The highest BCUT2D eigenvalue weighted by atomic mass is 16.4. The molecule has 1 fully saturated rings. The van der Waals surface area contributed by atoms with E-state index in [1.54, 1.807) is 0 Å². The zero-order chi connectivity index (χ0) is 12.3. The summed E-state index contributed by atoms with van der Waals surface area (Å²) in [6, 6.07) is 0. The third-order valence-corrected chi connectivity index (χ3v) is 3.07. The van der Waals surface area contributed by atoms with Crippen LogP contribution in [0.4, 0.5) is 0 Å². The van der Waals surface area contributed by atoms with E-state index < -0.39 is 11.5 Å². The number of aliphatic carboxylic acids is 1. The van der Waals surface area contributed by atoms with Crippen LogP contribution >= 0.6 is 0 Å². The summed E-state index contributed by atoms with van der Waals surface area (Å²) < 4.78 is 0. The zero-order valence-electron chi connectivity index (χ0n) is 10.3. The van der Waals surface area contributed by atoms with Gasteiger partial charge in [0.1, 0.15) is 6.54 Å². The van der Waals surface area contributed by atoms with Crippen LogP contribution in [-0.4, -0.2) is 34.0 Å². The maximum Gasteiger partial charge on any atom is 0.323 e. The van der Waals surface area contributed by atoms with Crippen LogP contribution in [0.2, 0.25) is 0 Å². The van der Waals surface area contributed by atoms with Gasteiger partial charge in [-0.3, -0.25) is 9.59 Å². The average molecular weight is 227 g/mol. The first kappa shape index (κ1) is 13.0. The Morgan fingerprint density at radius 1 is 1.25 bits per heavy atom. The van der Waals surface area contributed by atoms with Gasteiger partial charge in [0.25, 0.3) is 0 Å². The number of amides is 1. The fourth-order valence-corrected chi connectivity index (χ4v) is 2.17. The van der Waals surface area contributed by atoms with Gasteiger partial charge < -0.3 is 10.0 Å². The average Bonchev–Trinajstić information content (AvgIpc) is 2.63. The van der Waals surface area contributed by atoms with Crippen LogP contribution in [-0.2, 0) is 9.59 Å². The van der Waals surface area contributed by atoms with E-state index in [1.165, 1.54) is 4.90 Å². The van der Waals surface area contributed by atoms with Gasteiger partial charge in [-0.25, -0.2) is 0 Å². The molecule has 4 nitrogen and oxygen atoms in total. The van der Waals surface area contributed by atoms with E-state index in [0.29, 0.717) is 0 Å². The summed E-state index contributed by atoms with van der Waals surface area (Å²) in [6.45, 7) is 5.44. The Balaban J connectivity index is 2.75. The minimum absolute atomic E-state index is 0.00685. The molecule has 92 valence electrons. The molecule has 0 bridgehead atoms. The lowest BCUT2D eigenvalue weighted by atomic mass is 10.00. The Morgan fingerprint density at radius 2 is 1.75 bits per heavy atom. The lowest BCUT2D eigenvalue weighted by Crippen LogP contribution is -2.50. The SMILES string of the molecule is CC(C)(C)N(CC(=O)O)C(=O)C1CCCC1. The maximum atomic E-state index is 12.2. The molecule has 16 heavy (non-hydrogen) atoms. The molecular formula is C12H21NO3. The van der Waals surface area contributed by atoms with E-state index in [1.807, 2.05) is 20.8 Å². The quantitative estimate of drug-likeness (QED) is 0.801. The van der Waals surface area contributed by atoms with Gasteiger partial charge in [0.05, 0.1) is 0 Å². The van der Waals surface area contributed by atoms with Gasteiger partial charge >= 0.3 is 5.97 Å². The van der Waals surface area contributed by atoms with Gasteiger partial charge in [0.2, 0.25) is 5.91 Å². The van der Waals surface area contributed by atoms with Gasteiger partial charge in [-0.2, -0.15) is 0 Å². The van der Waals surface area contributed by atoms with Crippen molar-refractivity contribution in [3.8, 4) is 0 Å². The molecule has 0 saturated heterocycles. The summed E-state index contributed by atoms with van der Waals surface area (Å²) in [7, 11) is 0. The first-order valence-corrected chi connectivity index (χ1v) is 5.85. The highest BCUT2D eigenvalue weighted by molar-refractivity contribution is 5.84. The highest BCUT2D eigenvalue weighted by Crippen LogP contribution is 2.28. The molecule has 0 atom stereocenters. The lowest BCUT2D eigenvalue weighted by Gasteiger charge is -2.36. The number of carbonyl (C=O) groups is 2. The molecule has 1 N–H and O–H groups in total. The molecule has 0 spiro atoms. The van der Waals surface area contributed by atoms with Crippen molar-refractivity contribution in [2.24, 2.45) is 5.92 Å². The molecule has 1 aliphatic carbocycles. The topological polar surface area (TPSA) is 57.6 Å². The largest absolute Gasteiger partial charge is 0.480 e. The Kier molecular flexibility index (Phi) is 3.94. The standard InChI is InChI=1S/C12H21NO3/c1-12(2,3)13(8-10(14)15)11(16)9-6-4-5-7-9/h9H,4-8H2,1-3H3,(H,14,15). The fraction of sp³-hybridized carbons (Fsp3) is 0.833. The summed E-state index contributed by atoms with van der Waals surface area (Å²) in [5, 5.41) is 8.85. The monoisotopic (exact) mass is 227 g/mol. The van der Waals surface area contributed by atoms with Crippen molar-refractivity contribution in [1.82, 2.24) is 4.90 Å². The number of nitrogens with zero attached hydrogens (tertiary/aromatic N) is 1. The van der Waals surface area contributed by atoms with Crippen molar-refractivity contribution in [2.45, 2.75) is 52.0 Å². The summed E-state index contributed by atoms with van der Waals surface area (Å²) in [6.07, 6.45) is 3.99. The van der Waals surface area contributed by atoms with E-state index >= 15 is 0 Å². The Morgan fingerprint density at radius 3 is 2.12 bits per heavy atom. The Bertz CT molecular complexity index is 274. The summed E-state index contributed by atoms with van der Waals surface area (Å²) >= 11 is 0. The zero-order valence-corrected chi connectivity index (χ0v) is 10.3. The first-order chi connectivity index (χ1) is 7.32. The van der Waals surface area contributed by atoms with Crippen molar-refractivity contribution in [1.29, 1.82) is 0 Å². The molecule has 1 aliphatic rings. The number of carboxylic acid groups (broad SMARTS) is 1. The molecule has 4 heteroatoms. The Labute approximate surface area is 96.6 Å². The predicted octanol–water partition coefficient (Wildman–Crippen LogP) is 1.89. The van der Waals surface area contributed by atoms with Gasteiger partial charge in [0.15, 0.2) is 0 Å². The van der Waals surface area contributed by atoms with E-state index in [2.05, 4.69) is 0 Å². The van der Waals surface area contributed by atoms with Crippen LogP contribution in [0.5, 0.6) is 0 Å². The van der Waals surface area contributed by atoms with E-state index in [9.17, 15) is 9.59 Å². The van der Waals surface area contributed by atoms with E-state index in [0.717, 1.165) is 25.7 Å². The minimum Gasteiger partial charge on any atom is -0.480 e. The molecule has 0 heterocycles. The van der Waals surface area contributed by atoms with Crippen molar-refractivity contribution in [2.75, 3.05) is 6.54 Å². The van der Waals surface area contributed by atoms with Crippen LogP contribution in [0.25, 0.3) is 0 Å². The van der Waals surface area contributed by atoms with Crippen LogP contribution in [0.15, 0.2) is 0 Å². The molecule has 0 radical (unpaired) electrons. The van der Waals surface area contributed by atoms with Gasteiger partial charge in [-0.15, -0.1) is 0 Å². The highest BCUT2D eigenvalue weighted by Gasteiger charge is 2.34. The summed E-state index contributed by atoms with van der Waals surface area (Å²) in [5.74, 6) is -0.896. The Hall–Kier alpha value is -1.06. The van der Waals surface area contributed by atoms with Crippen molar-refractivity contribution in [3.05, 3.63) is 0 Å². The summed E-state index contributed by atoms with van der Waals surface area (Å²) in [4.78, 5) is 24.5. The second-order valence-corrected chi connectivity index (χ2v) is 5.47. The lowest BCUT2D eigenvalue weighted by molar-refractivity contribution is -0.150. The second kappa shape index (κ2) is 4.85. The van der Waals surface area contributed by atoms with E-state index in [4.69, 9.17) is 5.11 Å². The van der Waals surface area contributed by atoms with Crippen LogP contribution in [0.3, 0.4) is 0 Å². The minimum atomic E-state index is -0.943. The number of hydrogen-bond donors (Lipinski definition) is 1. The number of carboxylic acids is 1. The number of carbonyl (C=O) groups excluding carboxylic acids is 1. The van der Waals surface area contributed by atoms with Crippen LogP contribution in [0, 0.1) is 5.92 Å². The third kappa shape index (κ3) is 3.22. The normalized spacial score (nSPS) is 17.4. The molecule has 1 rings (SSSR count). The van der Waals surface area contributed by atoms with Gasteiger partial charge in [-0.05, 0) is 33.6 Å². The summed E-state index contributed by atoms with van der Waals surface area (Å²) in [5.41, 5.74) is -0.419. The van der Waals surface area contributed by atoms with Gasteiger partial charge in [0, 0.05) is 11.5 Å².